The summed E-state index contributed by atoms with van der Waals surface area (Å²) >= 11 is 0. The molecular weight excluding hydrogens is 382 g/mol. The van der Waals surface area contributed by atoms with Gasteiger partial charge in [-0.25, -0.2) is 0 Å². The Kier molecular flexibility index (Phi) is 10.3. The summed E-state index contributed by atoms with van der Waals surface area (Å²) in [6.07, 6.45) is 7.82. The third-order valence-electron chi connectivity index (χ3n) is 5.84. The Bertz CT molecular complexity index is 617. The molecule has 0 radical (unpaired) electrons. The minimum absolute atomic E-state index is 0.0376. The molecule has 0 aromatic rings. The van der Waals surface area contributed by atoms with Crippen molar-refractivity contribution in [2.75, 3.05) is 19.8 Å². The molecule has 1 aliphatic rings. The minimum atomic E-state index is -1.92. The van der Waals surface area contributed by atoms with Gasteiger partial charge in [0.05, 0.1) is 19.1 Å². The molecular formula is C23H41NO4Si. The number of hydrogen-bond donors (Lipinski definition) is 1. The van der Waals surface area contributed by atoms with Crippen LogP contribution >= 0.6 is 0 Å². The Labute approximate surface area is 178 Å². The molecule has 5 nitrogen and oxygen atoms in total. The van der Waals surface area contributed by atoms with Gasteiger partial charge in [-0.2, -0.15) is 0 Å². The molecule has 0 saturated heterocycles. The van der Waals surface area contributed by atoms with Crippen LogP contribution in [0, 0.1) is 5.92 Å². The van der Waals surface area contributed by atoms with E-state index in [1.54, 1.807) is 13.1 Å². The number of hydrogen-bond acceptors (Lipinski definition) is 5. The molecule has 0 bridgehead atoms. The molecule has 29 heavy (non-hydrogen) atoms. The first-order valence-corrected chi connectivity index (χ1v) is 13.9. The summed E-state index contributed by atoms with van der Waals surface area (Å²) in [4.78, 5) is 25.2. The number of esters is 1. The van der Waals surface area contributed by atoms with Crippen molar-refractivity contribution in [3.8, 4) is 0 Å². The zero-order valence-electron chi connectivity index (χ0n) is 19.5. The number of unbranched alkanes of at least 4 members (excludes halogenated alkanes) is 1. The van der Waals surface area contributed by atoms with Gasteiger partial charge in [0.2, 0.25) is 0 Å². The van der Waals surface area contributed by atoms with Crippen LogP contribution in [0.5, 0.6) is 0 Å². The molecule has 166 valence electrons. The number of Topliss-reactive ketones (excluding diaryl/α,β-unsaturated/α-hetero) is 1. The number of carbonyl (C=O) groups is 2. The van der Waals surface area contributed by atoms with Crippen molar-refractivity contribution >= 4 is 20.1 Å². The van der Waals surface area contributed by atoms with E-state index in [0.29, 0.717) is 18.8 Å². The summed E-state index contributed by atoms with van der Waals surface area (Å²) in [5, 5.41) is 3.35. The van der Waals surface area contributed by atoms with E-state index in [2.05, 4.69) is 52.2 Å². The molecule has 0 fully saturated rings. The minimum Gasteiger partial charge on any atom is -0.465 e. The van der Waals surface area contributed by atoms with Crippen LogP contribution in [0.2, 0.25) is 18.1 Å². The Morgan fingerprint density at radius 3 is 2.59 bits per heavy atom. The number of ether oxygens (including phenoxy) is 1. The van der Waals surface area contributed by atoms with Crippen molar-refractivity contribution in [2.24, 2.45) is 5.92 Å². The van der Waals surface area contributed by atoms with Gasteiger partial charge in [0.25, 0.3) is 0 Å². The lowest BCUT2D eigenvalue weighted by Gasteiger charge is -2.36. The van der Waals surface area contributed by atoms with Crippen molar-refractivity contribution in [2.45, 2.75) is 84.9 Å². The SMILES string of the molecule is CCCCOC(=O)C(C)CC(=O)C1=C/NCCC/C=C\1CO[Si](C)(C)C(C)(C)C. The molecule has 1 aliphatic heterocycles. The van der Waals surface area contributed by atoms with Gasteiger partial charge in [-0.3, -0.25) is 9.59 Å². The average Bonchev–Trinajstić information content (AvgIpc) is 2.59. The molecule has 0 aliphatic carbocycles. The van der Waals surface area contributed by atoms with E-state index < -0.39 is 14.2 Å². The summed E-state index contributed by atoms with van der Waals surface area (Å²) in [6, 6.07) is 0. The van der Waals surface area contributed by atoms with Crippen molar-refractivity contribution in [3.05, 3.63) is 23.4 Å². The lowest BCUT2D eigenvalue weighted by molar-refractivity contribution is -0.149. The molecule has 0 aromatic carbocycles. The van der Waals surface area contributed by atoms with Gasteiger partial charge in [-0.15, -0.1) is 0 Å². The topological polar surface area (TPSA) is 64.6 Å². The summed E-state index contributed by atoms with van der Waals surface area (Å²) < 4.78 is 11.7. The predicted molar refractivity (Wildman–Crippen MR) is 121 cm³/mol. The molecule has 1 N–H and O–H groups in total. The van der Waals surface area contributed by atoms with Crippen LogP contribution in [0.3, 0.4) is 0 Å². The molecule has 1 atom stereocenters. The highest BCUT2D eigenvalue weighted by Crippen LogP contribution is 2.37. The summed E-state index contributed by atoms with van der Waals surface area (Å²) in [5.74, 6) is -0.785. The second kappa shape index (κ2) is 11.7. The number of carbonyl (C=O) groups excluding carboxylic acids is 2. The number of rotatable bonds is 10. The summed E-state index contributed by atoms with van der Waals surface area (Å²) in [7, 11) is -1.92. The Morgan fingerprint density at radius 1 is 1.28 bits per heavy atom. The third-order valence-corrected chi connectivity index (χ3v) is 10.3. The van der Waals surface area contributed by atoms with Gasteiger partial charge in [-0.1, -0.05) is 47.1 Å². The maximum absolute atomic E-state index is 13.0. The van der Waals surface area contributed by atoms with Gasteiger partial charge in [-0.05, 0) is 43.0 Å². The molecule has 0 amide bonds. The van der Waals surface area contributed by atoms with Crippen LogP contribution in [0.1, 0.15) is 66.7 Å². The van der Waals surface area contributed by atoms with Gasteiger partial charge in [0.15, 0.2) is 14.1 Å². The molecule has 1 heterocycles. The highest BCUT2D eigenvalue weighted by Gasteiger charge is 2.37. The fraction of sp³-hybridized carbons (Fsp3) is 0.739. The average molecular weight is 424 g/mol. The van der Waals surface area contributed by atoms with Crippen LogP contribution < -0.4 is 5.32 Å². The molecule has 0 spiro atoms. The largest absolute Gasteiger partial charge is 0.465 e. The lowest BCUT2D eigenvalue weighted by atomic mass is 9.94. The first kappa shape index (κ1) is 25.6. The highest BCUT2D eigenvalue weighted by atomic mass is 28.4. The van der Waals surface area contributed by atoms with E-state index in [-0.39, 0.29) is 23.2 Å². The molecule has 6 heteroatoms. The number of allylic oxidation sites excluding steroid dienone is 1. The van der Waals surface area contributed by atoms with Crippen LogP contribution in [0.25, 0.3) is 0 Å². The van der Waals surface area contributed by atoms with Gasteiger partial charge < -0.3 is 14.5 Å². The Balaban J connectivity index is 2.85. The van der Waals surface area contributed by atoms with E-state index >= 15 is 0 Å². The zero-order chi connectivity index (χ0) is 22.1. The Hall–Kier alpha value is -1.40. The number of ketones is 1. The van der Waals surface area contributed by atoms with Crippen molar-refractivity contribution in [1.82, 2.24) is 5.32 Å². The fourth-order valence-corrected chi connectivity index (χ4v) is 3.61. The van der Waals surface area contributed by atoms with Crippen LogP contribution in [0.4, 0.5) is 0 Å². The molecule has 1 rings (SSSR count). The van der Waals surface area contributed by atoms with E-state index in [9.17, 15) is 9.59 Å². The smallest absolute Gasteiger partial charge is 0.309 e. The molecule has 0 aromatic heterocycles. The van der Waals surface area contributed by atoms with E-state index in [1.807, 2.05) is 0 Å². The lowest BCUT2D eigenvalue weighted by Crippen LogP contribution is -2.41. The monoisotopic (exact) mass is 423 g/mol. The summed E-state index contributed by atoms with van der Waals surface area (Å²) in [6.45, 7) is 16.6. The second-order valence-corrected chi connectivity index (χ2v) is 14.3. The first-order chi connectivity index (χ1) is 13.5. The second-order valence-electron chi connectivity index (χ2n) is 9.48. The van der Waals surface area contributed by atoms with Gasteiger partial charge in [0, 0.05) is 24.7 Å². The third kappa shape index (κ3) is 8.47. The quantitative estimate of drug-likeness (QED) is 0.299. The van der Waals surface area contributed by atoms with Crippen LogP contribution in [0.15, 0.2) is 23.4 Å². The summed E-state index contributed by atoms with van der Waals surface area (Å²) in [5.41, 5.74) is 1.56. The maximum atomic E-state index is 13.0. The van der Waals surface area contributed by atoms with Crippen molar-refractivity contribution in [3.63, 3.8) is 0 Å². The molecule has 0 saturated carbocycles. The standard InChI is InChI=1S/C23H41NO4Si/c1-8-9-14-27-22(26)18(2)15-21(25)20-16-24-13-11-10-12-19(20)17-28-29(6,7)23(3,4)5/h12,16,18,24H,8-11,13-15,17H2,1-7H3/b19-12-,20-16+. The van der Waals surface area contributed by atoms with Crippen molar-refractivity contribution in [1.29, 1.82) is 0 Å². The van der Waals surface area contributed by atoms with E-state index in [4.69, 9.17) is 9.16 Å². The fourth-order valence-electron chi connectivity index (χ4n) is 2.66. The van der Waals surface area contributed by atoms with Gasteiger partial charge in [0.1, 0.15) is 0 Å². The van der Waals surface area contributed by atoms with E-state index in [0.717, 1.165) is 37.8 Å². The molecule has 1 unspecified atom stereocenters. The highest BCUT2D eigenvalue weighted by molar-refractivity contribution is 6.74. The first-order valence-electron chi connectivity index (χ1n) is 11.0. The van der Waals surface area contributed by atoms with Gasteiger partial charge >= 0.3 is 5.97 Å². The maximum Gasteiger partial charge on any atom is 0.309 e. The normalized spacial score (nSPS) is 20.2. The zero-order valence-corrected chi connectivity index (χ0v) is 20.5. The Morgan fingerprint density at radius 2 is 1.97 bits per heavy atom. The predicted octanol–water partition coefficient (Wildman–Crippen LogP) is 5.14. The van der Waals surface area contributed by atoms with Crippen molar-refractivity contribution < 1.29 is 18.8 Å². The van der Waals surface area contributed by atoms with Crippen LogP contribution in [-0.2, 0) is 18.8 Å². The van der Waals surface area contributed by atoms with Crippen LogP contribution in [-0.4, -0.2) is 39.8 Å². The number of nitrogens with one attached hydrogen (secondary N) is 1. The van der Waals surface area contributed by atoms with E-state index in [1.165, 1.54) is 0 Å².